The zero-order chi connectivity index (χ0) is 17.3. The second kappa shape index (κ2) is 6.47. The van der Waals surface area contributed by atoms with E-state index in [1.165, 1.54) is 0 Å². The number of hydrogen-bond acceptors (Lipinski definition) is 3. The van der Waals surface area contributed by atoms with E-state index in [1.54, 1.807) is 0 Å². The third kappa shape index (κ3) is 3.83. The van der Waals surface area contributed by atoms with Crippen molar-refractivity contribution in [3.8, 4) is 0 Å². The van der Waals surface area contributed by atoms with Gasteiger partial charge in [-0.1, -0.05) is 64.2 Å². The fourth-order valence-electron chi connectivity index (χ4n) is 2.76. The van der Waals surface area contributed by atoms with Crippen molar-refractivity contribution in [1.29, 1.82) is 0 Å². The van der Waals surface area contributed by atoms with E-state index < -0.39 is 8.24 Å². The Morgan fingerprint density at radius 3 is 2.39 bits per heavy atom. The molecule has 1 heterocycles. The summed E-state index contributed by atoms with van der Waals surface area (Å²) in [6, 6.07) is 9.65. The van der Waals surface area contributed by atoms with Crippen molar-refractivity contribution in [3.05, 3.63) is 35.9 Å². The number of rotatable bonds is 5. The number of amides is 1. The Labute approximate surface area is 139 Å². The van der Waals surface area contributed by atoms with Gasteiger partial charge in [0.15, 0.2) is 8.24 Å². The molecule has 0 unspecified atom stereocenters. The van der Waals surface area contributed by atoms with E-state index in [4.69, 9.17) is 4.74 Å². The van der Waals surface area contributed by atoms with Gasteiger partial charge in [-0.3, -0.25) is 9.59 Å². The highest BCUT2D eigenvalue weighted by molar-refractivity contribution is 6.80. The number of carbonyl (C=O) groups excluding carboxylic acids is 2. The van der Waals surface area contributed by atoms with Gasteiger partial charge < -0.3 is 9.30 Å². The molecule has 126 valence electrons. The highest BCUT2D eigenvalue weighted by atomic mass is 28.3. The number of carbonyl (C=O) groups is 2. The minimum atomic E-state index is -1.93. The normalized spacial score (nSPS) is 18.6. The Balaban J connectivity index is 1.92. The van der Waals surface area contributed by atoms with Crippen molar-refractivity contribution in [2.75, 3.05) is 0 Å². The third-order valence-corrected chi connectivity index (χ3v) is 10.6. The topological polar surface area (TPSA) is 46.6 Å². The maximum Gasteiger partial charge on any atom is 0.308 e. The molecule has 1 aliphatic heterocycles. The predicted octanol–water partition coefficient (Wildman–Crippen LogP) is 3.73. The Bertz CT molecular complexity index is 578. The molecule has 2 rings (SSSR count). The first-order chi connectivity index (χ1) is 10.6. The number of esters is 1. The Morgan fingerprint density at radius 1 is 1.26 bits per heavy atom. The minimum Gasteiger partial charge on any atom is -0.461 e. The summed E-state index contributed by atoms with van der Waals surface area (Å²) >= 11 is 0. The molecule has 23 heavy (non-hydrogen) atoms. The Hall–Kier alpha value is -1.62. The van der Waals surface area contributed by atoms with E-state index in [0.717, 1.165) is 5.56 Å². The van der Waals surface area contributed by atoms with E-state index in [1.807, 2.05) is 34.9 Å². The van der Waals surface area contributed by atoms with Gasteiger partial charge in [0.05, 0.1) is 6.42 Å². The second-order valence-corrected chi connectivity index (χ2v) is 12.9. The summed E-state index contributed by atoms with van der Waals surface area (Å²) in [5.74, 6) is -0.0486. The van der Waals surface area contributed by atoms with Crippen LogP contribution in [0.3, 0.4) is 0 Å². The molecular formula is C18H27NO3Si. The van der Waals surface area contributed by atoms with Crippen LogP contribution in [0.15, 0.2) is 30.3 Å². The van der Waals surface area contributed by atoms with Gasteiger partial charge in [0.25, 0.3) is 0 Å². The summed E-state index contributed by atoms with van der Waals surface area (Å²) in [4.78, 5) is 24.2. The van der Waals surface area contributed by atoms with Gasteiger partial charge in [0, 0.05) is 12.5 Å². The Kier molecular flexibility index (Phi) is 4.99. The van der Waals surface area contributed by atoms with E-state index in [9.17, 15) is 9.59 Å². The fraction of sp³-hybridized carbons (Fsp3) is 0.556. The number of ether oxygens (including phenoxy) is 1. The lowest BCUT2D eigenvalue weighted by molar-refractivity contribution is -0.150. The molecule has 0 spiro atoms. The van der Waals surface area contributed by atoms with Crippen molar-refractivity contribution in [1.82, 2.24) is 4.57 Å². The van der Waals surface area contributed by atoms with Gasteiger partial charge in [-0.25, -0.2) is 0 Å². The van der Waals surface area contributed by atoms with Crippen molar-refractivity contribution >= 4 is 20.1 Å². The van der Waals surface area contributed by atoms with E-state index in [-0.39, 0.29) is 23.0 Å². The summed E-state index contributed by atoms with van der Waals surface area (Å²) in [5.41, 5.74) is 0.979. The van der Waals surface area contributed by atoms with Crippen LogP contribution in [0.2, 0.25) is 18.1 Å². The SMILES string of the molecule is CC(C)(C)[Si](C)(C)N1C(=O)C[C@H]1CC(=O)OCc1ccccc1. The van der Waals surface area contributed by atoms with Crippen LogP contribution in [0.25, 0.3) is 0 Å². The summed E-state index contributed by atoms with van der Waals surface area (Å²) in [6.07, 6.45) is 0.762. The molecule has 4 nitrogen and oxygen atoms in total. The first-order valence-electron chi connectivity index (χ1n) is 8.14. The van der Waals surface area contributed by atoms with Crippen LogP contribution in [0.5, 0.6) is 0 Å². The molecule has 0 aliphatic carbocycles. The summed E-state index contributed by atoms with van der Waals surface area (Å²) in [6.45, 7) is 11.2. The third-order valence-electron chi connectivity index (χ3n) is 5.13. The number of benzene rings is 1. The molecule has 0 radical (unpaired) electrons. The van der Waals surface area contributed by atoms with Crippen molar-refractivity contribution in [2.45, 2.75) is 64.4 Å². The van der Waals surface area contributed by atoms with Gasteiger partial charge in [0.1, 0.15) is 6.61 Å². The quantitative estimate of drug-likeness (QED) is 0.469. The van der Waals surface area contributed by atoms with Gasteiger partial charge in [-0.05, 0) is 10.6 Å². The minimum absolute atomic E-state index is 0.00617. The smallest absolute Gasteiger partial charge is 0.308 e. The largest absolute Gasteiger partial charge is 0.461 e. The van der Waals surface area contributed by atoms with Gasteiger partial charge in [-0.15, -0.1) is 0 Å². The molecule has 0 aromatic heterocycles. The molecule has 0 N–H and O–H groups in total. The summed E-state index contributed by atoms with van der Waals surface area (Å²) in [7, 11) is -1.93. The van der Waals surface area contributed by atoms with Crippen molar-refractivity contribution < 1.29 is 14.3 Å². The van der Waals surface area contributed by atoms with Crippen LogP contribution in [0, 0.1) is 0 Å². The highest BCUT2D eigenvalue weighted by Gasteiger charge is 2.52. The maximum absolute atomic E-state index is 12.1. The fourth-order valence-corrected chi connectivity index (χ4v) is 5.30. The molecule has 1 atom stereocenters. The number of hydrogen-bond donors (Lipinski definition) is 0. The molecular weight excluding hydrogens is 306 g/mol. The van der Waals surface area contributed by atoms with Crippen LogP contribution >= 0.6 is 0 Å². The lowest BCUT2D eigenvalue weighted by atomic mass is 10.0. The maximum atomic E-state index is 12.1. The second-order valence-electron chi connectivity index (χ2n) is 7.78. The predicted molar refractivity (Wildman–Crippen MR) is 93.3 cm³/mol. The van der Waals surface area contributed by atoms with E-state index in [0.29, 0.717) is 19.4 Å². The summed E-state index contributed by atoms with van der Waals surface area (Å²) in [5, 5.41) is 0.0786. The molecule has 1 fully saturated rings. The van der Waals surface area contributed by atoms with Gasteiger partial charge >= 0.3 is 5.97 Å². The molecule has 1 aliphatic rings. The monoisotopic (exact) mass is 333 g/mol. The molecule has 0 saturated carbocycles. The number of nitrogens with zero attached hydrogens (tertiary/aromatic N) is 1. The average molecular weight is 334 g/mol. The van der Waals surface area contributed by atoms with Gasteiger partial charge in [0.2, 0.25) is 5.91 Å². The molecule has 1 aromatic rings. The Morgan fingerprint density at radius 2 is 1.87 bits per heavy atom. The molecule has 1 amide bonds. The molecule has 5 heteroatoms. The molecule has 1 aromatic carbocycles. The van der Waals surface area contributed by atoms with Crippen LogP contribution in [0.1, 0.15) is 39.2 Å². The lowest BCUT2D eigenvalue weighted by Gasteiger charge is -2.54. The van der Waals surface area contributed by atoms with Crippen LogP contribution in [0.4, 0.5) is 0 Å². The van der Waals surface area contributed by atoms with Crippen LogP contribution in [-0.4, -0.2) is 30.7 Å². The highest BCUT2D eigenvalue weighted by Crippen LogP contribution is 2.43. The van der Waals surface area contributed by atoms with Crippen LogP contribution < -0.4 is 0 Å². The van der Waals surface area contributed by atoms with E-state index in [2.05, 4.69) is 33.9 Å². The molecule has 1 saturated heterocycles. The standard InChI is InChI=1S/C18H27NO3Si/c1-18(2,3)23(4,5)19-15(11-16(19)20)12-17(21)22-13-14-9-7-6-8-10-14/h6-10,15H,11-13H2,1-5H3/t15-/m0/s1. The summed E-state index contributed by atoms with van der Waals surface area (Å²) < 4.78 is 7.35. The lowest BCUT2D eigenvalue weighted by Crippen LogP contribution is -2.68. The first-order valence-corrected chi connectivity index (χ1v) is 11.1. The average Bonchev–Trinajstić information content (AvgIpc) is 2.43. The van der Waals surface area contributed by atoms with Crippen molar-refractivity contribution in [2.24, 2.45) is 0 Å². The zero-order valence-corrected chi connectivity index (χ0v) is 15.8. The number of β-lactam (4-membered cyclic amide) rings is 1. The van der Waals surface area contributed by atoms with Crippen LogP contribution in [-0.2, 0) is 20.9 Å². The van der Waals surface area contributed by atoms with Gasteiger partial charge in [-0.2, -0.15) is 0 Å². The zero-order valence-electron chi connectivity index (χ0n) is 14.8. The van der Waals surface area contributed by atoms with Crippen molar-refractivity contribution in [3.63, 3.8) is 0 Å². The van der Waals surface area contributed by atoms with E-state index >= 15 is 0 Å². The first kappa shape index (κ1) is 17.7. The molecule has 0 bridgehead atoms.